The summed E-state index contributed by atoms with van der Waals surface area (Å²) in [6.07, 6.45) is 7.56. The van der Waals surface area contributed by atoms with Crippen LogP contribution < -0.4 is 11.1 Å². The van der Waals surface area contributed by atoms with E-state index in [-0.39, 0.29) is 12.0 Å². The second-order valence-electron chi connectivity index (χ2n) is 10.0. The van der Waals surface area contributed by atoms with Crippen molar-refractivity contribution in [1.29, 1.82) is 0 Å². The molecule has 5 atom stereocenters. The molecule has 0 spiro atoms. The van der Waals surface area contributed by atoms with Crippen molar-refractivity contribution in [2.75, 3.05) is 5.32 Å². The van der Waals surface area contributed by atoms with Gasteiger partial charge in [0.15, 0.2) is 0 Å². The number of nitrogens with one attached hydrogen (secondary N) is 1. The van der Waals surface area contributed by atoms with Crippen LogP contribution in [0.25, 0.3) is 16.6 Å². The molecule has 4 N–H and O–H groups in total. The van der Waals surface area contributed by atoms with Crippen LogP contribution in [0, 0.1) is 31.6 Å². The minimum atomic E-state index is -0.549. The number of primary amides is 1. The average molecular weight is 417 g/mol. The summed E-state index contributed by atoms with van der Waals surface area (Å²) in [5.41, 5.74) is 11.8. The molecule has 1 aromatic carbocycles. The maximum atomic E-state index is 12.3. The first-order valence-electron chi connectivity index (χ1n) is 11.2. The van der Waals surface area contributed by atoms with Crippen molar-refractivity contribution in [3.05, 3.63) is 53.3 Å². The predicted molar refractivity (Wildman–Crippen MR) is 120 cm³/mol. The highest BCUT2D eigenvalue weighted by atomic mass is 16.3. The van der Waals surface area contributed by atoms with E-state index < -0.39 is 11.5 Å². The van der Waals surface area contributed by atoms with E-state index in [0.29, 0.717) is 17.4 Å². The van der Waals surface area contributed by atoms with Crippen molar-refractivity contribution in [3.8, 4) is 11.1 Å². The summed E-state index contributed by atoms with van der Waals surface area (Å²) in [5, 5.41) is 19.3. The quantitative estimate of drug-likeness (QED) is 0.605. The Hall–Kier alpha value is -2.86. The number of hydrogen-bond donors (Lipinski definition) is 3. The number of fused-ring (bicyclic) bond motifs is 1. The Balaban J connectivity index is 1.48. The number of aryl methyl sites for hydroxylation is 2. The summed E-state index contributed by atoms with van der Waals surface area (Å²) >= 11 is 0. The van der Waals surface area contributed by atoms with E-state index in [1.807, 2.05) is 10.7 Å². The van der Waals surface area contributed by atoms with Crippen LogP contribution in [-0.2, 0) is 0 Å². The van der Waals surface area contributed by atoms with Gasteiger partial charge in [0.05, 0.1) is 28.6 Å². The fourth-order valence-corrected chi connectivity index (χ4v) is 6.96. The number of anilines is 1. The number of amides is 1. The monoisotopic (exact) mass is 416 g/mol. The van der Waals surface area contributed by atoms with Gasteiger partial charge in [-0.2, -0.15) is 5.10 Å². The molecule has 4 aliphatic carbocycles. The second-order valence-corrected chi connectivity index (χ2v) is 10.0. The van der Waals surface area contributed by atoms with E-state index in [4.69, 9.17) is 5.73 Å². The number of rotatable bonds is 4. The SMILES string of the molecule is Cc1cccc(C)c1-c1cc2c(NC3C4CC5CC3C(O)(C5)C4)c(C(N)=O)cnn2c1. The first kappa shape index (κ1) is 18.9. The molecule has 160 valence electrons. The minimum absolute atomic E-state index is 0.159. The first-order valence-corrected chi connectivity index (χ1v) is 11.2. The summed E-state index contributed by atoms with van der Waals surface area (Å²) in [6.45, 7) is 4.22. The minimum Gasteiger partial charge on any atom is -0.389 e. The lowest BCUT2D eigenvalue weighted by molar-refractivity contribution is 0.00989. The molecule has 1 amide bonds. The molecule has 6 heteroatoms. The van der Waals surface area contributed by atoms with Crippen molar-refractivity contribution in [2.24, 2.45) is 23.5 Å². The number of benzene rings is 1. The molecule has 7 rings (SSSR count). The fraction of sp³-hybridized carbons (Fsp3) is 0.440. The van der Waals surface area contributed by atoms with Gasteiger partial charge in [0.2, 0.25) is 0 Å². The van der Waals surface area contributed by atoms with Crippen LogP contribution in [0.15, 0.2) is 36.7 Å². The lowest BCUT2D eigenvalue weighted by Gasteiger charge is -2.33. The number of nitrogens with zero attached hydrogens (tertiary/aromatic N) is 2. The van der Waals surface area contributed by atoms with Gasteiger partial charge in [-0.05, 0) is 74.1 Å². The van der Waals surface area contributed by atoms with Crippen LogP contribution in [0.4, 0.5) is 5.69 Å². The molecule has 0 saturated heterocycles. The molecule has 2 aromatic heterocycles. The highest BCUT2D eigenvalue weighted by molar-refractivity contribution is 6.02. The Bertz CT molecular complexity index is 1210. The smallest absolute Gasteiger partial charge is 0.252 e. The molecule has 5 unspecified atom stereocenters. The first-order chi connectivity index (χ1) is 14.8. The topological polar surface area (TPSA) is 92.6 Å². The molecule has 6 nitrogen and oxygen atoms in total. The molecule has 4 aliphatic rings. The normalized spacial score (nSPS) is 30.9. The largest absolute Gasteiger partial charge is 0.389 e. The van der Waals surface area contributed by atoms with Crippen LogP contribution in [0.2, 0.25) is 0 Å². The molecule has 31 heavy (non-hydrogen) atoms. The summed E-state index contributed by atoms with van der Waals surface area (Å²) in [4.78, 5) is 12.3. The lowest BCUT2D eigenvalue weighted by atomic mass is 9.79. The molecule has 3 aromatic rings. The lowest BCUT2D eigenvalue weighted by Crippen LogP contribution is -2.37. The number of carbonyl (C=O) groups is 1. The third kappa shape index (κ3) is 2.67. The average Bonchev–Trinajstić information content (AvgIpc) is 3.28. The summed E-state index contributed by atoms with van der Waals surface area (Å²) in [7, 11) is 0. The summed E-state index contributed by atoms with van der Waals surface area (Å²) in [6, 6.07) is 8.54. The van der Waals surface area contributed by atoms with E-state index in [9.17, 15) is 9.90 Å². The van der Waals surface area contributed by atoms with Crippen LogP contribution >= 0.6 is 0 Å². The third-order valence-electron chi connectivity index (χ3n) is 8.10. The van der Waals surface area contributed by atoms with Crippen molar-refractivity contribution in [2.45, 2.75) is 51.2 Å². The number of carbonyl (C=O) groups excluding carboxylic acids is 1. The number of hydrogen-bond acceptors (Lipinski definition) is 4. The Labute approximate surface area is 181 Å². The van der Waals surface area contributed by atoms with E-state index in [2.05, 4.69) is 48.5 Å². The maximum Gasteiger partial charge on any atom is 0.252 e. The Morgan fingerprint density at radius 1 is 1.26 bits per heavy atom. The summed E-state index contributed by atoms with van der Waals surface area (Å²) in [5.74, 6) is 0.824. The zero-order valence-corrected chi connectivity index (χ0v) is 17.9. The van der Waals surface area contributed by atoms with Crippen LogP contribution in [0.3, 0.4) is 0 Å². The van der Waals surface area contributed by atoms with Gasteiger partial charge in [-0.15, -0.1) is 0 Å². The predicted octanol–water partition coefficient (Wildman–Crippen LogP) is 3.68. The van der Waals surface area contributed by atoms with Crippen LogP contribution in [0.1, 0.15) is 47.2 Å². The molecule has 2 heterocycles. The van der Waals surface area contributed by atoms with Gasteiger partial charge in [-0.3, -0.25) is 4.79 Å². The van der Waals surface area contributed by atoms with Gasteiger partial charge >= 0.3 is 0 Å². The van der Waals surface area contributed by atoms with Crippen molar-refractivity contribution in [3.63, 3.8) is 0 Å². The third-order valence-corrected chi connectivity index (χ3v) is 8.10. The summed E-state index contributed by atoms with van der Waals surface area (Å²) < 4.78 is 1.83. The number of nitrogens with two attached hydrogens (primary N) is 1. The van der Waals surface area contributed by atoms with E-state index in [0.717, 1.165) is 42.5 Å². The molecule has 4 fully saturated rings. The van der Waals surface area contributed by atoms with Gasteiger partial charge in [0.1, 0.15) is 0 Å². The molecule has 4 saturated carbocycles. The van der Waals surface area contributed by atoms with E-state index in [1.54, 1.807) is 6.20 Å². The molecule has 0 radical (unpaired) electrons. The van der Waals surface area contributed by atoms with E-state index >= 15 is 0 Å². The highest BCUT2D eigenvalue weighted by Crippen LogP contribution is 2.61. The molecule has 4 bridgehead atoms. The van der Waals surface area contributed by atoms with Crippen molar-refractivity contribution in [1.82, 2.24) is 9.61 Å². The standard InChI is InChI=1S/C25H28N4O2/c1-13-4-3-5-14(2)21(13)17-8-20-23(18(24(26)30)11-27-29(20)12-17)28-22-16-6-15-7-19(22)25(31,9-15)10-16/h3-5,8,11-12,15-16,19,22,28,31H,6-7,9-10H2,1-2H3,(H2,26,30). The van der Waals surface area contributed by atoms with Crippen molar-refractivity contribution >= 4 is 17.1 Å². The molecule has 0 aliphatic heterocycles. The zero-order chi connectivity index (χ0) is 21.5. The fourth-order valence-electron chi connectivity index (χ4n) is 6.96. The Morgan fingerprint density at radius 3 is 2.74 bits per heavy atom. The Kier molecular flexibility index (Phi) is 3.85. The zero-order valence-electron chi connectivity index (χ0n) is 17.9. The Morgan fingerprint density at radius 2 is 2.03 bits per heavy atom. The highest BCUT2D eigenvalue weighted by Gasteiger charge is 2.62. The van der Waals surface area contributed by atoms with Gasteiger partial charge < -0.3 is 16.2 Å². The van der Waals surface area contributed by atoms with Gasteiger partial charge in [-0.1, -0.05) is 18.2 Å². The van der Waals surface area contributed by atoms with Gasteiger partial charge in [0.25, 0.3) is 5.91 Å². The van der Waals surface area contributed by atoms with Crippen LogP contribution in [-0.4, -0.2) is 32.3 Å². The number of aromatic nitrogens is 2. The maximum absolute atomic E-state index is 12.3. The van der Waals surface area contributed by atoms with Gasteiger partial charge in [-0.25, -0.2) is 4.52 Å². The van der Waals surface area contributed by atoms with E-state index in [1.165, 1.54) is 16.7 Å². The van der Waals surface area contributed by atoms with Crippen molar-refractivity contribution < 1.29 is 9.90 Å². The molecular weight excluding hydrogens is 388 g/mol. The second kappa shape index (κ2) is 6.33. The number of aliphatic hydroxyl groups is 1. The van der Waals surface area contributed by atoms with Gasteiger partial charge in [0, 0.05) is 23.7 Å². The molecular formula is C25H28N4O2. The van der Waals surface area contributed by atoms with Crippen LogP contribution in [0.5, 0.6) is 0 Å².